The van der Waals surface area contributed by atoms with Crippen LogP contribution in [0.5, 0.6) is 5.88 Å². The first-order valence-corrected chi connectivity index (χ1v) is 9.67. The van der Waals surface area contributed by atoms with Gasteiger partial charge in [-0.25, -0.2) is 4.79 Å². The molecule has 3 aromatic rings. The van der Waals surface area contributed by atoms with Gasteiger partial charge in [-0.2, -0.15) is 0 Å². The Hall–Kier alpha value is -3.12. The van der Waals surface area contributed by atoms with E-state index in [2.05, 4.69) is 28.9 Å². The molecular formula is C23H27N3O3. The fourth-order valence-electron chi connectivity index (χ4n) is 3.39. The Labute approximate surface area is 170 Å². The van der Waals surface area contributed by atoms with Crippen LogP contribution < -0.4 is 0 Å². The second-order valence-electron chi connectivity index (χ2n) is 7.31. The minimum absolute atomic E-state index is 0.0541. The Morgan fingerprint density at radius 1 is 1.17 bits per heavy atom. The molecule has 6 nitrogen and oxygen atoms in total. The summed E-state index contributed by atoms with van der Waals surface area (Å²) < 4.78 is 4.78. The fraction of sp³-hybridized carbons (Fsp3) is 0.304. The van der Waals surface area contributed by atoms with E-state index in [0.717, 1.165) is 36.2 Å². The molecule has 152 valence electrons. The number of nitrogens with one attached hydrogen (secondary N) is 1. The van der Waals surface area contributed by atoms with Gasteiger partial charge in [0.05, 0.1) is 29.6 Å². The van der Waals surface area contributed by atoms with E-state index in [0.29, 0.717) is 16.6 Å². The predicted octanol–water partition coefficient (Wildman–Crippen LogP) is 4.64. The lowest BCUT2D eigenvalue weighted by atomic mass is 10.0. The smallest absolute Gasteiger partial charge is 0.337 e. The Bertz CT molecular complexity index is 1030. The lowest BCUT2D eigenvalue weighted by Gasteiger charge is -2.10. The molecule has 0 fully saturated rings. The number of fused-ring (bicyclic) bond motifs is 1. The van der Waals surface area contributed by atoms with E-state index in [1.807, 2.05) is 32.3 Å². The molecule has 0 saturated heterocycles. The largest absolute Gasteiger partial charge is 0.494 e. The Kier molecular flexibility index (Phi) is 6.34. The number of aromatic nitrogens is 1. The number of esters is 1. The average molecular weight is 393 g/mol. The van der Waals surface area contributed by atoms with E-state index in [-0.39, 0.29) is 5.88 Å². The standard InChI is InChI=1S/C23H27N3O3/c1-5-6-19(24-17-10-7-15(8-11-17)14-26(2)3)21-18-12-9-16(23(28)29-4)13-20(18)25-22(21)27/h7-13,25,27H,5-6,14H2,1-4H3. The predicted molar refractivity (Wildman–Crippen MR) is 116 cm³/mol. The van der Waals surface area contributed by atoms with E-state index in [1.165, 1.54) is 12.7 Å². The van der Waals surface area contributed by atoms with Gasteiger partial charge in [-0.3, -0.25) is 4.99 Å². The van der Waals surface area contributed by atoms with Crippen LogP contribution in [0, 0.1) is 0 Å². The summed E-state index contributed by atoms with van der Waals surface area (Å²) >= 11 is 0. The zero-order chi connectivity index (χ0) is 21.0. The van der Waals surface area contributed by atoms with E-state index in [1.54, 1.807) is 12.1 Å². The topological polar surface area (TPSA) is 77.9 Å². The van der Waals surface area contributed by atoms with Gasteiger partial charge in [0, 0.05) is 17.4 Å². The van der Waals surface area contributed by atoms with Crippen LogP contribution in [0.25, 0.3) is 10.9 Å². The molecule has 2 aromatic carbocycles. The summed E-state index contributed by atoms with van der Waals surface area (Å²) in [6.45, 7) is 2.95. The molecular weight excluding hydrogens is 366 g/mol. The van der Waals surface area contributed by atoms with Crippen molar-refractivity contribution in [3.8, 4) is 5.88 Å². The number of aromatic amines is 1. The highest BCUT2D eigenvalue weighted by Gasteiger charge is 2.18. The molecule has 1 aromatic heterocycles. The molecule has 0 atom stereocenters. The van der Waals surface area contributed by atoms with Gasteiger partial charge >= 0.3 is 5.97 Å². The molecule has 0 amide bonds. The van der Waals surface area contributed by atoms with Crippen LogP contribution in [0.4, 0.5) is 5.69 Å². The average Bonchev–Trinajstić information content (AvgIpc) is 3.02. The number of nitrogens with zero attached hydrogens (tertiary/aromatic N) is 2. The molecule has 6 heteroatoms. The maximum Gasteiger partial charge on any atom is 0.337 e. The molecule has 0 aliphatic rings. The van der Waals surface area contributed by atoms with Gasteiger partial charge in [-0.05, 0) is 50.3 Å². The molecule has 29 heavy (non-hydrogen) atoms. The van der Waals surface area contributed by atoms with E-state index >= 15 is 0 Å². The summed E-state index contributed by atoms with van der Waals surface area (Å²) in [5.41, 5.74) is 4.65. The molecule has 0 spiro atoms. The van der Waals surface area contributed by atoms with Crippen molar-refractivity contribution in [3.63, 3.8) is 0 Å². The quantitative estimate of drug-likeness (QED) is 0.453. The van der Waals surface area contributed by atoms with Crippen LogP contribution >= 0.6 is 0 Å². The van der Waals surface area contributed by atoms with Crippen LogP contribution in [0.3, 0.4) is 0 Å². The third-order valence-electron chi connectivity index (χ3n) is 4.67. The van der Waals surface area contributed by atoms with Gasteiger partial charge < -0.3 is 19.7 Å². The molecule has 0 radical (unpaired) electrons. The van der Waals surface area contributed by atoms with Gasteiger partial charge in [0.15, 0.2) is 5.88 Å². The number of rotatable bonds is 7. The first-order valence-electron chi connectivity index (χ1n) is 9.67. The Morgan fingerprint density at radius 3 is 2.52 bits per heavy atom. The lowest BCUT2D eigenvalue weighted by molar-refractivity contribution is 0.0601. The Balaban J connectivity index is 2.02. The summed E-state index contributed by atoms with van der Waals surface area (Å²) in [5.74, 6) is -0.360. The summed E-state index contributed by atoms with van der Waals surface area (Å²) in [6.07, 6.45) is 1.61. The van der Waals surface area contributed by atoms with Gasteiger partial charge in [0.25, 0.3) is 0 Å². The van der Waals surface area contributed by atoms with E-state index in [9.17, 15) is 9.90 Å². The number of H-pyrrole nitrogens is 1. The van der Waals surface area contributed by atoms with E-state index < -0.39 is 5.97 Å². The number of aliphatic imine (C=N–C) groups is 1. The van der Waals surface area contributed by atoms with Gasteiger partial charge in [-0.15, -0.1) is 0 Å². The lowest BCUT2D eigenvalue weighted by Crippen LogP contribution is -2.10. The van der Waals surface area contributed by atoms with Crippen molar-refractivity contribution in [1.29, 1.82) is 0 Å². The van der Waals surface area contributed by atoms with Crippen molar-refractivity contribution in [1.82, 2.24) is 9.88 Å². The van der Waals surface area contributed by atoms with E-state index in [4.69, 9.17) is 9.73 Å². The monoisotopic (exact) mass is 393 g/mol. The molecule has 0 saturated carbocycles. The summed E-state index contributed by atoms with van der Waals surface area (Å²) in [7, 11) is 5.42. The zero-order valence-corrected chi connectivity index (χ0v) is 17.3. The van der Waals surface area contributed by atoms with Gasteiger partial charge in [0.1, 0.15) is 0 Å². The van der Waals surface area contributed by atoms with Crippen LogP contribution in [-0.2, 0) is 11.3 Å². The first kappa shape index (κ1) is 20.6. The summed E-state index contributed by atoms with van der Waals surface area (Å²) in [4.78, 5) is 21.7. The number of methoxy groups -OCH3 is 1. The molecule has 1 heterocycles. The third kappa shape index (κ3) is 4.66. The molecule has 2 N–H and O–H groups in total. The summed E-state index contributed by atoms with van der Waals surface area (Å²) in [5, 5.41) is 11.4. The van der Waals surface area contributed by atoms with Crippen molar-refractivity contribution >= 4 is 28.3 Å². The molecule has 0 aliphatic carbocycles. The van der Waals surface area contributed by atoms with Crippen LogP contribution in [0.15, 0.2) is 47.5 Å². The number of carbonyl (C=O) groups excluding carboxylic acids is 1. The van der Waals surface area contributed by atoms with Crippen LogP contribution in [0.2, 0.25) is 0 Å². The highest BCUT2D eigenvalue weighted by Crippen LogP contribution is 2.31. The van der Waals surface area contributed by atoms with Crippen molar-refractivity contribution < 1.29 is 14.6 Å². The third-order valence-corrected chi connectivity index (χ3v) is 4.67. The van der Waals surface area contributed by atoms with Crippen molar-refractivity contribution in [3.05, 3.63) is 59.2 Å². The second kappa shape index (κ2) is 8.92. The molecule has 0 bridgehead atoms. The summed E-state index contributed by atoms with van der Waals surface area (Å²) in [6, 6.07) is 13.3. The first-order chi connectivity index (χ1) is 13.9. The number of carbonyl (C=O) groups is 1. The van der Waals surface area contributed by atoms with Gasteiger partial charge in [0.2, 0.25) is 0 Å². The highest BCUT2D eigenvalue weighted by molar-refractivity contribution is 6.14. The zero-order valence-electron chi connectivity index (χ0n) is 17.3. The second-order valence-corrected chi connectivity index (χ2v) is 7.31. The molecule has 0 aliphatic heterocycles. The van der Waals surface area contributed by atoms with Crippen molar-refractivity contribution in [2.45, 2.75) is 26.3 Å². The number of hydrogen-bond acceptors (Lipinski definition) is 5. The molecule has 0 unspecified atom stereocenters. The number of ether oxygens (including phenoxy) is 1. The minimum atomic E-state index is -0.414. The molecule has 3 rings (SSSR count). The van der Waals surface area contributed by atoms with Crippen LogP contribution in [-0.4, -0.2) is 47.9 Å². The minimum Gasteiger partial charge on any atom is -0.494 e. The number of hydrogen-bond donors (Lipinski definition) is 2. The van der Waals surface area contributed by atoms with Crippen molar-refractivity contribution in [2.75, 3.05) is 21.2 Å². The maximum atomic E-state index is 11.8. The SMILES string of the molecule is CCCC(=Nc1ccc(CN(C)C)cc1)c1c(O)[nH]c2cc(C(=O)OC)ccc12. The number of aromatic hydroxyl groups is 1. The van der Waals surface area contributed by atoms with Gasteiger partial charge in [-0.1, -0.05) is 31.5 Å². The van der Waals surface area contributed by atoms with Crippen molar-refractivity contribution in [2.24, 2.45) is 4.99 Å². The highest BCUT2D eigenvalue weighted by atomic mass is 16.5. The number of benzene rings is 2. The normalized spacial score (nSPS) is 12.0. The fourth-order valence-corrected chi connectivity index (χ4v) is 3.39. The Morgan fingerprint density at radius 2 is 1.90 bits per heavy atom. The van der Waals surface area contributed by atoms with Crippen LogP contribution in [0.1, 0.15) is 41.3 Å². The maximum absolute atomic E-state index is 11.8.